The molecule has 0 aliphatic heterocycles. The summed E-state index contributed by atoms with van der Waals surface area (Å²) in [4.78, 5) is 21.3. The zero-order valence-electron chi connectivity index (χ0n) is 17.2. The number of aromatic nitrogens is 2. The van der Waals surface area contributed by atoms with Gasteiger partial charge in [0.15, 0.2) is 0 Å². The lowest BCUT2D eigenvalue weighted by molar-refractivity contribution is 0.0949. The van der Waals surface area contributed by atoms with Gasteiger partial charge in [-0.2, -0.15) is 0 Å². The summed E-state index contributed by atoms with van der Waals surface area (Å²) >= 11 is 0. The van der Waals surface area contributed by atoms with Crippen LogP contribution in [0.1, 0.15) is 33.0 Å². The van der Waals surface area contributed by atoms with Crippen LogP contribution in [0.5, 0.6) is 5.75 Å². The van der Waals surface area contributed by atoms with Gasteiger partial charge in [-0.05, 0) is 62.1 Å². The minimum atomic E-state index is -0.215. The van der Waals surface area contributed by atoms with E-state index in [0.29, 0.717) is 23.9 Å². The maximum absolute atomic E-state index is 12.6. The Labute approximate surface area is 171 Å². The monoisotopic (exact) mass is 390 g/mol. The fourth-order valence-electron chi connectivity index (χ4n) is 2.98. The molecule has 0 aliphatic rings. The Hall–Kier alpha value is -3.41. The van der Waals surface area contributed by atoms with Crippen LogP contribution in [0.25, 0.3) is 0 Å². The number of methoxy groups -OCH3 is 1. The van der Waals surface area contributed by atoms with E-state index in [1.807, 2.05) is 36.4 Å². The van der Waals surface area contributed by atoms with Gasteiger partial charge >= 0.3 is 0 Å². The molecule has 0 spiro atoms. The van der Waals surface area contributed by atoms with Crippen molar-refractivity contribution in [2.75, 3.05) is 19.0 Å². The van der Waals surface area contributed by atoms with E-state index in [1.165, 1.54) is 5.56 Å². The molecule has 0 unspecified atom stereocenters. The third-order valence-electron chi connectivity index (χ3n) is 4.80. The number of nitrogens with zero attached hydrogens (tertiary/aromatic N) is 2. The summed E-state index contributed by atoms with van der Waals surface area (Å²) in [5.74, 6) is 1.75. The van der Waals surface area contributed by atoms with E-state index in [4.69, 9.17) is 4.74 Å². The fourth-order valence-corrected chi connectivity index (χ4v) is 2.98. The topological polar surface area (TPSA) is 76.1 Å². The molecule has 0 saturated carbocycles. The predicted molar refractivity (Wildman–Crippen MR) is 115 cm³/mol. The standard InChI is InChI=1S/C23H26N4O2/c1-15-6-5-7-20(16(15)2)27-22-14-21(25-17(3)26-22)23(28)24-13-12-18-8-10-19(29-4)11-9-18/h5-11,14H,12-13H2,1-4H3,(H,24,28)(H,25,26,27). The van der Waals surface area contributed by atoms with E-state index in [1.54, 1.807) is 20.1 Å². The second kappa shape index (κ2) is 9.19. The molecule has 2 N–H and O–H groups in total. The van der Waals surface area contributed by atoms with Gasteiger partial charge < -0.3 is 15.4 Å². The van der Waals surface area contributed by atoms with Crippen molar-refractivity contribution in [3.63, 3.8) is 0 Å². The third kappa shape index (κ3) is 5.31. The molecule has 0 saturated heterocycles. The first-order chi connectivity index (χ1) is 14.0. The first-order valence-corrected chi connectivity index (χ1v) is 9.56. The fraction of sp³-hybridized carbons (Fsp3) is 0.261. The second-order valence-electron chi connectivity index (χ2n) is 6.91. The molecule has 0 aliphatic carbocycles. The molecule has 150 valence electrons. The van der Waals surface area contributed by atoms with Crippen LogP contribution in [0.2, 0.25) is 0 Å². The Balaban J connectivity index is 1.65. The van der Waals surface area contributed by atoms with Crippen molar-refractivity contribution in [1.82, 2.24) is 15.3 Å². The number of amides is 1. The molecular formula is C23H26N4O2. The number of benzene rings is 2. The highest BCUT2D eigenvalue weighted by Gasteiger charge is 2.11. The highest BCUT2D eigenvalue weighted by Crippen LogP contribution is 2.22. The molecule has 1 aromatic heterocycles. The average Bonchev–Trinajstić information content (AvgIpc) is 2.71. The summed E-state index contributed by atoms with van der Waals surface area (Å²) in [5.41, 5.74) is 4.78. The van der Waals surface area contributed by atoms with Crippen LogP contribution < -0.4 is 15.4 Å². The van der Waals surface area contributed by atoms with Gasteiger partial charge in [-0.1, -0.05) is 24.3 Å². The van der Waals surface area contributed by atoms with Crippen molar-refractivity contribution in [3.8, 4) is 5.75 Å². The van der Waals surface area contributed by atoms with Crippen molar-refractivity contribution in [1.29, 1.82) is 0 Å². The first kappa shape index (κ1) is 20.3. The lowest BCUT2D eigenvalue weighted by Crippen LogP contribution is -2.27. The number of hydrogen-bond donors (Lipinski definition) is 2. The largest absolute Gasteiger partial charge is 0.497 e. The summed E-state index contributed by atoms with van der Waals surface area (Å²) in [5, 5.41) is 6.23. The Morgan fingerprint density at radius 1 is 1.03 bits per heavy atom. The Morgan fingerprint density at radius 3 is 2.52 bits per heavy atom. The van der Waals surface area contributed by atoms with Gasteiger partial charge in [0, 0.05) is 18.3 Å². The number of rotatable bonds is 7. The highest BCUT2D eigenvalue weighted by atomic mass is 16.5. The van der Waals surface area contributed by atoms with Crippen LogP contribution in [0.15, 0.2) is 48.5 Å². The molecule has 2 aromatic carbocycles. The highest BCUT2D eigenvalue weighted by molar-refractivity contribution is 5.93. The molecule has 1 amide bonds. The summed E-state index contributed by atoms with van der Waals surface area (Å²) < 4.78 is 5.16. The minimum Gasteiger partial charge on any atom is -0.497 e. The van der Waals surface area contributed by atoms with E-state index in [9.17, 15) is 4.79 Å². The molecule has 0 fully saturated rings. The molecule has 6 nitrogen and oxygen atoms in total. The molecule has 0 radical (unpaired) electrons. The van der Waals surface area contributed by atoms with Crippen LogP contribution in [0.4, 0.5) is 11.5 Å². The summed E-state index contributed by atoms with van der Waals surface area (Å²) in [7, 11) is 1.64. The van der Waals surface area contributed by atoms with Crippen molar-refractivity contribution < 1.29 is 9.53 Å². The predicted octanol–water partition coefficient (Wildman–Crippen LogP) is 4.13. The smallest absolute Gasteiger partial charge is 0.270 e. The second-order valence-corrected chi connectivity index (χ2v) is 6.91. The Morgan fingerprint density at radius 2 is 1.79 bits per heavy atom. The van der Waals surface area contributed by atoms with Crippen molar-refractivity contribution in [2.45, 2.75) is 27.2 Å². The van der Waals surface area contributed by atoms with Gasteiger partial charge in [-0.25, -0.2) is 9.97 Å². The van der Waals surface area contributed by atoms with Crippen LogP contribution in [0, 0.1) is 20.8 Å². The quantitative estimate of drug-likeness (QED) is 0.634. The normalized spacial score (nSPS) is 10.5. The molecule has 0 bridgehead atoms. The van der Waals surface area contributed by atoms with Gasteiger partial charge in [-0.3, -0.25) is 4.79 Å². The van der Waals surface area contributed by atoms with Crippen LogP contribution in [-0.2, 0) is 6.42 Å². The lowest BCUT2D eigenvalue weighted by Gasteiger charge is -2.12. The SMILES string of the molecule is COc1ccc(CCNC(=O)c2cc(Nc3cccc(C)c3C)nc(C)n2)cc1. The minimum absolute atomic E-state index is 0.215. The number of carbonyl (C=O) groups excluding carboxylic acids is 1. The molecule has 29 heavy (non-hydrogen) atoms. The van der Waals surface area contributed by atoms with Crippen molar-refractivity contribution in [2.24, 2.45) is 0 Å². The van der Waals surface area contributed by atoms with E-state index in [-0.39, 0.29) is 5.91 Å². The van der Waals surface area contributed by atoms with Gasteiger partial charge in [0.25, 0.3) is 5.91 Å². The average molecular weight is 390 g/mol. The van der Waals surface area contributed by atoms with E-state index in [2.05, 4.69) is 40.5 Å². The number of aryl methyl sites for hydroxylation is 2. The summed E-state index contributed by atoms with van der Waals surface area (Å²) in [6, 6.07) is 15.5. The molecule has 1 heterocycles. The maximum atomic E-state index is 12.6. The van der Waals surface area contributed by atoms with Gasteiger partial charge in [-0.15, -0.1) is 0 Å². The summed E-state index contributed by atoms with van der Waals surface area (Å²) in [6.45, 7) is 6.42. The molecule has 3 aromatic rings. The molecular weight excluding hydrogens is 364 g/mol. The summed E-state index contributed by atoms with van der Waals surface area (Å²) in [6.07, 6.45) is 0.730. The van der Waals surface area contributed by atoms with Gasteiger partial charge in [0.1, 0.15) is 23.1 Å². The number of nitrogens with one attached hydrogen (secondary N) is 2. The van der Waals surface area contributed by atoms with E-state index < -0.39 is 0 Å². The number of hydrogen-bond acceptors (Lipinski definition) is 5. The third-order valence-corrected chi connectivity index (χ3v) is 4.80. The van der Waals surface area contributed by atoms with Crippen LogP contribution in [0.3, 0.4) is 0 Å². The lowest BCUT2D eigenvalue weighted by atomic mass is 10.1. The first-order valence-electron chi connectivity index (χ1n) is 9.56. The van der Waals surface area contributed by atoms with Gasteiger partial charge in [0.2, 0.25) is 0 Å². The number of carbonyl (C=O) groups is 1. The van der Waals surface area contributed by atoms with E-state index in [0.717, 1.165) is 29.0 Å². The zero-order chi connectivity index (χ0) is 20.8. The number of ether oxygens (including phenoxy) is 1. The Kier molecular flexibility index (Phi) is 6.44. The number of anilines is 2. The van der Waals surface area contributed by atoms with Gasteiger partial charge in [0.05, 0.1) is 7.11 Å². The van der Waals surface area contributed by atoms with Crippen molar-refractivity contribution >= 4 is 17.4 Å². The van der Waals surface area contributed by atoms with E-state index >= 15 is 0 Å². The molecule has 6 heteroatoms. The van der Waals surface area contributed by atoms with Crippen LogP contribution >= 0.6 is 0 Å². The molecule has 0 atom stereocenters. The molecule has 3 rings (SSSR count). The van der Waals surface area contributed by atoms with Crippen molar-refractivity contribution in [3.05, 3.63) is 76.7 Å². The van der Waals surface area contributed by atoms with Crippen LogP contribution in [-0.4, -0.2) is 29.5 Å². The Bertz CT molecular complexity index is 1000. The zero-order valence-corrected chi connectivity index (χ0v) is 17.2. The maximum Gasteiger partial charge on any atom is 0.270 e.